The van der Waals surface area contributed by atoms with Crippen LogP contribution in [-0.4, -0.2) is 38.3 Å². The number of carbonyl (C=O) groups is 2. The summed E-state index contributed by atoms with van der Waals surface area (Å²) >= 11 is 1.38. The van der Waals surface area contributed by atoms with E-state index in [9.17, 15) is 18.0 Å². The molecule has 0 fully saturated rings. The van der Waals surface area contributed by atoms with E-state index in [1.54, 1.807) is 37.3 Å². The Morgan fingerprint density at radius 3 is 2.79 bits per heavy atom. The van der Waals surface area contributed by atoms with E-state index in [1.807, 2.05) is 0 Å². The topological polar surface area (TPSA) is 102 Å². The van der Waals surface area contributed by atoms with Crippen LogP contribution < -0.4 is 15.4 Å². The minimum Gasteiger partial charge on any atom is -0.497 e. The van der Waals surface area contributed by atoms with Crippen LogP contribution in [0.4, 0.5) is 11.4 Å². The second kappa shape index (κ2) is 8.24. The van der Waals surface area contributed by atoms with Crippen LogP contribution in [0.3, 0.4) is 0 Å². The van der Waals surface area contributed by atoms with Crippen LogP contribution in [0.15, 0.2) is 52.3 Å². The molecule has 0 saturated heterocycles. The first-order valence-electron chi connectivity index (χ1n) is 8.57. The fourth-order valence-corrected chi connectivity index (χ4v) is 4.84. The Morgan fingerprint density at radius 2 is 2.04 bits per heavy atom. The average molecular weight is 421 g/mol. The van der Waals surface area contributed by atoms with E-state index in [1.165, 1.54) is 31.0 Å². The third-order valence-corrected chi connectivity index (χ3v) is 7.08. The molecule has 0 aromatic heterocycles. The largest absolute Gasteiger partial charge is 0.497 e. The number of methoxy groups -OCH3 is 1. The van der Waals surface area contributed by atoms with Crippen molar-refractivity contribution in [1.82, 2.24) is 0 Å². The molecular formula is C19H20N2O5S2. The number of thioether (sulfide) groups is 1. The molecule has 0 radical (unpaired) electrons. The molecule has 3 rings (SSSR count). The zero-order chi connectivity index (χ0) is 20.3. The lowest BCUT2D eigenvalue weighted by molar-refractivity contribution is -0.116. The van der Waals surface area contributed by atoms with Crippen LogP contribution in [0.1, 0.15) is 13.3 Å². The van der Waals surface area contributed by atoms with E-state index in [4.69, 9.17) is 4.74 Å². The Morgan fingerprint density at radius 1 is 1.25 bits per heavy atom. The van der Waals surface area contributed by atoms with Crippen molar-refractivity contribution in [2.75, 3.05) is 23.5 Å². The number of nitrogens with one attached hydrogen (secondary N) is 2. The molecule has 2 aromatic rings. The Kier molecular flexibility index (Phi) is 5.95. The van der Waals surface area contributed by atoms with Crippen LogP contribution in [0.5, 0.6) is 5.75 Å². The Labute approximate surface area is 167 Å². The summed E-state index contributed by atoms with van der Waals surface area (Å²) in [5.74, 6) is -0.315. The van der Waals surface area contributed by atoms with E-state index < -0.39 is 15.7 Å². The smallest absolute Gasteiger partial charge is 0.237 e. The highest BCUT2D eigenvalue weighted by molar-refractivity contribution is 8.01. The summed E-state index contributed by atoms with van der Waals surface area (Å²) in [6.07, 6.45) is -0.186. The number of amides is 2. The molecule has 148 valence electrons. The normalized spacial score (nSPS) is 16.1. The van der Waals surface area contributed by atoms with Crippen molar-refractivity contribution in [1.29, 1.82) is 0 Å². The van der Waals surface area contributed by atoms with E-state index >= 15 is 0 Å². The summed E-state index contributed by atoms with van der Waals surface area (Å²) in [7, 11) is -2.15. The van der Waals surface area contributed by atoms with Crippen LogP contribution in [0, 0.1) is 0 Å². The highest BCUT2D eigenvalue weighted by Gasteiger charge is 2.25. The molecule has 1 aliphatic heterocycles. The third-order valence-electron chi connectivity index (χ3n) is 4.19. The van der Waals surface area contributed by atoms with Crippen molar-refractivity contribution in [2.45, 2.75) is 28.4 Å². The predicted octanol–water partition coefficient (Wildman–Crippen LogP) is 2.93. The molecule has 0 aliphatic carbocycles. The van der Waals surface area contributed by atoms with Gasteiger partial charge in [0.1, 0.15) is 5.75 Å². The summed E-state index contributed by atoms with van der Waals surface area (Å²) < 4.78 is 30.3. The molecule has 9 heteroatoms. The molecule has 1 aliphatic rings. The summed E-state index contributed by atoms with van der Waals surface area (Å²) in [4.78, 5) is 24.8. The molecule has 0 saturated carbocycles. The van der Waals surface area contributed by atoms with E-state index in [-0.39, 0.29) is 28.2 Å². The monoisotopic (exact) mass is 420 g/mol. The standard InChI is InChI=1S/C19H20N2O5S2/c1-12-19(23)21-16-11-15(6-7-17(16)27-12)28(24,25)9-8-18(22)20-13-4-3-5-14(10-13)26-2/h3-7,10-12H,8-9H2,1-2H3,(H,20,22)(H,21,23). The van der Waals surface area contributed by atoms with Gasteiger partial charge in [0.25, 0.3) is 0 Å². The number of benzene rings is 2. The number of carbonyl (C=O) groups excluding carboxylic acids is 2. The number of hydrogen-bond donors (Lipinski definition) is 2. The van der Waals surface area contributed by atoms with Crippen LogP contribution in [0.2, 0.25) is 0 Å². The van der Waals surface area contributed by atoms with Gasteiger partial charge in [0.15, 0.2) is 9.84 Å². The third kappa shape index (κ3) is 4.66. The molecular weight excluding hydrogens is 400 g/mol. The molecule has 1 unspecified atom stereocenters. The van der Waals surface area contributed by atoms with Crippen LogP contribution in [0.25, 0.3) is 0 Å². The first kappa shape index (κ1) is 20.2. The van der Waals surface area contributed by atoms with E-state index in [0.717, 1.165) is 4.90 Å². The number of fused-ring (bicyclic) bond motifs is 1. The predicted molar refractivity (Wildman–Crippen MR) is 109 cm³/mol. The highest BCUT2D eigenvalue weighted by Crippen LogP contribution is 2.36. The zero-order valence-corrected chi connectivity index (χ0v) is 17.0. The molecule has 1 heterocycles. The van der Waals surface area contributed by atoms with Gasteiger partial charge >= 0.3 is 0 Å². The van der Waals surface area contributed by atoms with E-state index in [2.05, 4.69) is 10.6 Å². The fourth-order valence-electron chi connectivity index (χ4n) is 2.65. The van der Waals surface area contributed by atoms with Gasteiger partial charge in [-0.15, -0.1) is 11.8 Å². The van der Waals surface area contributed by atoms with Gasteiger partial charge in [0.05, 0.1) is 28.7 Å². The number of hydrogen-bond acceptors (Lipinski definition) is 6. The molecule has 0 spiro atoms. The van der Waals surface area contributed by atoms with Crippen molar-refractivity contribution < 1.29 is 22.7 Å². The molecule has 2 N–H and O–H groups in total. The van der Waals surface area contributed by atoms with E-state index in [0.29, 0.717) is 17.1 Å². The van der Waals surface area contributed by atoms with Gasteiger partial charge in [-0.3, -0.25) is 9.59 Å². The Hall–Kier alpha value is -2.52. The van der Waals surface area contributed by atoms with Gasteiger partial charge in [0, 0.05) is 23.1 Å². The first-order valence-corrected chi connectivity index (χ1v) is 11.1. The number of sulfone groups is 1. The SMILES string of the molecule is COc1cccc(NC(=O)CCS(=O)(=O)c2ccc3c(c2)NC(=O)C(C)S3)c1. The zero-order valence-electron chi connectivity index (χ0n) is 15.4. The molecule has 7 nitrogen and oxygen atoms in total. The van der Waals surface area contributed by atoms with Crippen LogP contribution in [-0.2, 0) is 19.4 Å². The maximum atomic E-state index is 12.6. The van der Waals surface area contributed by atoms with Crippen molar-refractivity contribution in [3.8, 4) is 5.75 Å². The second-order valence-electron chi connectivity index (χ2n) is 6.26. The minimum absolute atomic E-state index is 0.0795. The maximum absolute atomic E-state index is 12.6. The number of rotatable bonds is 6. The van der Waals surface area contributed by atoms with Crippen molar-refractivity contribution in [3.63, 3.8) is 0 Å². The lowest BCUT2D eigenvalue weighted by atomic mass is 10.3. The highest BCUT2D eigenvalue weighted by atomic mass is 32.2. The quantitative estimate of drug-likeness (QED) is 0.745. The fraction of sp³-hybridized carbons (Fsp3) is 0.263. The molecule has 28 heavy (non-hydrogen) atoms. The van der Waals surface area contributed by atoms with Crippen molar-refractivity contribution in [2.24, 2.45) is 0 Å². The van der Waals surface area contributed by atoms with Gasteiger partial charge < -0.3 is 15.4 Å². The van der Waals surface area contributed by atoms with Gasteiger partial charge in [-0.05, 0) is 37.3 Å². The van der Waals surface area contributed by atoms with Gasteiger partial charge in [0.2, 0.25) is 11.8 Å². The summed E-state index contributed by atoms with van der Waals surface area (Å²) in [6, 6.07) is 11.4. The molecule has 2 amide bonds. The maximum Gasteiger partial charge on any atom is 0.237 e. The molecule has 1 atom stereocenters. The number of anilines is 2. The minimum atomic E-state index is -3.67. The molecule has 2 aromatic carbocycles. The number of ether oxygens (including phenoxy) is 1. The second-order valence-corrected chi connectivity index (χ2v) is 9.75. The summed E-state index contributed by atoms with van der Waals surface area (Å²) in [5, 5.41) is 5.15. The van der Waals surface area contributed by atoms with Gasteiger partial charge in [-0.25, -0.2) is 8.42 Å². The van der Waals surface area contributed by atoms with Gasteiger partial charge in [-0.2, -0.15) is 0 Å². The van der Waals surface area contributed by atoms with Gasteiger partial charge in [-0.1, -0.05) is 6.07 Å². The molecule has 0 bridgehead atoms. The summed E-state index contributed by atoms with van der Waals surface area (Å²) in [5.41, 5.74) is 1.01. The average Bonchev–Trinajstić information content (AvgIpc) is 2.67. The Bertz CT molecular complexity index is 1020. The summed E-state index contributed by atoms with van der Waals surface area (Å²) in [6.45, 7) is 1.79. The van der Waals surface area contributed by atoms with Crippen molar-refractivity contribution in [3.05, 3.63) is 42.5 Å². The first-order chi connectivity index (χ1) is 13.3. The lowest BCUT2D eigenvalue weighted by Crippen LogP contribution is -2.26. The van der Waals surface area contributed by atoms with Crippen LogP contribution >= 0.6 is 11.8 Å². The lowest BCUT2D eigenvalue weighted by Gasteiger charge is -2.21. The Balaban J connectivity index is 1.66. The van der Waals surface area contributed by atoms with Crippen molar-refractivity contribution >= 4 is 44.8 Å².